The van der Waals surface area contributed by atoms with Gasteiger partial charge >= 0.3 is 0 Å². The third kappa shape index (κ3) is 4.98. The van der Waals surface area contributed by atoms with Gasteiger partial charge in [0.05, 0.1) is 35.9 Å². The van der Waals surface area contributed by atoms with E-state index in [1.165, 1.54) is 0 Å². The molecule has 40 heavy (non-hydrogen) atoms. The minimum atomic E-state index is -0.299. The van der Waals surface area contributed by atoms with E-state index in [0.717, 1.165) is 24.5 Å². The summed E-state index contributed by atoms with van der Waals surface area (Å²) in [6, 6.07) is 9.68. The standard InChI is InChI=1S/C29H30N8O3/c1-17-13-36(14-18(2)33-17)23-7-6-22(26-27(23)31-10-9-30-26)29(38)35-20-11-24(28-34-19(3)15-37(28)16-20)40-21-5-8-25(39-4)32-12-21/h5-12,15-18,33H,13-14H2,1-4H3,(H,35,38)/t17-,18-/m1/s1. The summed E-state index contributed by atoms with van der Waals surface area (Å²) in [5, 5.41) is 6.57. The van der Waals surface area contributed by atoms with Crippen LogP contribution >= 0.6 is 0 Å². The molecule has 0 aliphatic carbocycles. The number of anilines is 2. The second-order valence-corrected chi connectivity index (χ2v) is 10.1. The van der Waals surface area contributed by atoms with Gasteiger partial charge in [-0.3, -0.25) is 14.8 Å². The van der Waals surface area contributed by atoms with Crippen LogP contribution in [0.15, 0.2) is 61.3 Å². The molecule has 2 N–H and O–H groups in total. The molecule has 0 spiro atoms. The lowest BCUT2D eigenvalue weighted by Crippen LogP contribution is -2.54. The maximum Gasteiger partial charge on any atom is 0.257 e. The van der Waals surface area contributed by atoms with Gasteiger partial charge in [-0.25, -0.2) is 9.97 Å². The Morgan fingerprint density at radius 1 is 1.02 bits per heavy atom. The molecule has 1 amide bonds. The number of fused-ring (bicyclic) bond motifs is 2. The number of hydrogen-bond donors (Lipinski definition) is 2. The van der Waals surface area contributed by atoms with Crippen molar-refractivity contribution in [2.75, 3.05) is 30.4 Å². The van der Waals surface area contributed by atoms with E-state index in [2.05, 4.69) is 49.3 Å². The molecule has 1 aromatic carbocycles. The van der Waals surface area contributed by atoms with E-state index < -0.39 is 0 Å². The molecule has 0 unspecified atom stereocenters. The Kier molecular flexibility index (Phi) is 6.64. The van der Waals surface area contributed by atoms with Crippen molar-refractivity contribution in [3.8, 4) is 17.4 Å². The van der Waals surface area contributed by atoms with E-state index in [4.69, 9.17) is 9.47 Å². The van der Waals surface area contributed by atoms with Crippen molar-refractivity contribution < 1.29 is 14.3 Å². The van der Waals surface area contributed by atoms with E-state index in [1.54, 1.807) is 50.1 Å². The Balaban J connectivity index is 1.32. The Hall–Kier alpha value is -4.77. The van der Waals surface area contributed by atoms with Crippen LogP contribution < -0.4 is 25.0 Å². The number of ether oxygens (including phenoxy) is 2. The predicted molar refractivity (Wildman–Crippen MR) is 153 cm³/mol. The number of benzene rings is 1. The zero-order valence-electron chi connectivity index (χ0n) is 22.8. The molecule has 204 valence electrons. The van der Waals surface area contributed by atoms with Gasteiger partial charge in [0.25, 0.3) is 5.91 Å². The molecule has 1 saturated heterocycles. The zero-order chi connectivity index (χ0) is 27.8. The number of methoxy groups -OCH3 is 1. The summed E-state index contributed by atoms with van der Waals surface area (Å²) in [4.78, 5) is 33.9. The Labute approximate surface area is 231 Å². The molecule has 6 rings (SSSR count). The molecule has 0 radical (unpaired) electrons. The van der Waals surface area contributed by atoms with Crippen LogP contribution in [0.1, 0.15) is 29.9 Å². The van der Waals surface area contributed by atoms with Crippen molar-refractivity contribution in [2.24, 2.45) is 0 Å². The minimum absolute atomic E-state index is 0.299. The molecular formula is C29H30N8O3. The van der Waals surface area contributed by atoms with Crippen LogP contribution in [0.4, 0.5) is 11.4 Å². The number of hydrogen-bond acceptors (Lipinski definition) is 9. The first-order valence-electron chi connectivity index (χ1n) is 13.1. The first kappa shape index (κ1) is 25.5. The molecular weight excluding hydrogens is 508 g/mol. The lowest BCUT2D eigenvalue weighted by atomic mass is 10.1. The highest BCUT2D eigenvalue weighted by atomic mass is 16.5. The van der Waals surface area contributed by atoms with Gasteiger partial charge in [-0.1, -0.05) is 0 Å². The third-order valence-corrected chi connectivity index (χ3v) is 6.79. The molecule has 2 atom stereocenters. The average molecular weight is 539 g/mol. The first-order chi connectivity index (χ1) is 19.4. The van der Waals surface area contributed by atoms with Crippen molar-refractivity contribution in [2.45, 2.75) is 32.9 Å². The average Bonchev–Trinajstić information content (AvgIpc) is 3.32. The lowest BCUT2D eigenvalue weighted by molar-refractivity contribution is 0.102. The molecule has 5 aromatic rings. The fourth-order valence-electron chi connectivity index (χ4n) is 5.21. The number of pyridine rings is 2. The number of nitrogens with zero attached hydrogens (tertiary/aromatic N) is 6. The minimum Gasteiger partial charge on any atom is -0.481 e. The summed E-state index contributed by atoms with van der Waals surface area (Å²) in [6.45, 7) is 7.92. The summed E-state index contributed by atoms with van der Waals surface area (Å²) >= 11 is 0. The molecule has 5 heterocycles. The van der Waals surface area contributed by atoms with Crippen molar-refractivity contribution >= 4 is 34.0 Å². The molecule has 11 heteroatoms. The van der Waals surface area contributed by atoms with E-state index >= 15 is 0 Å². The molecule has 1 aliphatic heterocycles. The number of imidazole rings is 1. The van der Waals surface area contributed by atoms with Crippen LogP contribution in [0, 0.1) is 6.92 Å². The van der Waals surface area contributed by atoms with Crippen LogP contribution in [0.5, 0.6) is 17.4 Å². The molecule has 0 bridgehead atoms. The van der Waals surface area contributed by atoms with Gasteiger partial charge in [0, 0.05) is 62.1 Å². The number of nitrogens with one attached hydrogen (secondary N) is 2. The topological polar surface area (TPSA) is 119 Å². The molecule has 1 aliphatic rings. The fraction of sp³-hybridized carbons (Fsp3) is 0.276. The highest BCUT2D eigenvalue weighted by molar-refractivity contribution is 6.13. The Morgan fingerprint density at radius 2 is 1.80 bits per heavy atom. The maximum atomic E-state index is 13.6. The number of aryl methyl sites for hydroxylation is 1. The summed E-state index contributed by atoms with van der Waals surface area (Å²) in [5.41, 5.74) is 4.63. The highest BCUT2D eigenvalue weighted by Crippen LogP contribution is 2.31. The smallest absolute Gasteiger partial charge is 0.257 e. The van der Waals surface area contributed by atoms with Gasteiger partial charge in [-0.15, -0.1) is 0 Å². The largest absolute Gasteiger partial charge is 0.481 e. The third-order valence-electron chi connectivity index (χ3n) is 6.79. The number of carbonyl (C=O) groups is 1. The van der Waals surface area contributed by atoms with E-state index in [0.29, 0.717) is 57.4 Å². The second-order valence-electron chi connectivity index (χ2n) is 10.1. The van der Waals surface area contributed by atoms with Crippen LogP contribution in [0.3, 0.4) is 0 Å². The fourth-order valence-corrected chi connectivity index (χ4v) is 5.21. The highest BCUT2D eigenvalue weighted by Gasteiger charge is 2.25. The van der Waals surface area contributed by atoms with Gasteiger partial charge in [0.15, 0.2) is 11.4 Å². The molecule has 0 saturated carbocycles. The molecule has 4 aromatic heterocycles. The maximum absolute atomic E-state index is 13.6. The molecule has 1 fully saturated rings. The van der Waals surface area contributed by atoms with E-state index in [9.17, 15) is 4.79 Å². The van der Waals surface area contributed by atoms with Crippen molar-refractivity contribution in [3.05, 3.63) is 72.6 Å². The number of amides is 1. The zero-order valence-corrected chi connectivity index (χ0v) is 22.8. The Bertz CT molecular complexity index is 1690. The quantitative estimate of drug-likeness (QED) is 0.327. The lowest BCUT2D eigenvalue weighted by Gasteiger charge is -2.38. The van der Waals surface area contributed by atoms with Gasteiger partial charge in [-0.05, 0) is 39.0 Å². The van der Waals surface area contributed by atoms with Gasteiger partial charge < -0.3 is 29.4 Å². The SMILES string of the molecule is COc1ccc(Oc2cc(NC(=O)c3ccc(N4C[C@@H](C)N[C@H](C)C4)c4nccnc34)cn3cc(C)nc23)cn1. The number of rotatable bonds is 6. The summed E-state index contributed by atoms with van der Waals surface area (Å²) < 4.78 is 13.1. The first-order valence-corrected chi connectivity index (χ1v) is 13.1. The molecule has 11 nitrogen and oxygen atoms in total. The van der Waals surface area contributed by atoms with Crippen LogP contribution in [0.25, 0.3) is 16.7 Å². The summed E-state index contributed by atoms with van der Waals surface area (Å²) in [5.74, 6) is 1.17. The summed E-state index contributed by atoms with van der Waals surface area (Å²) in [7, 11) is 1.56. The number of aromatic nitrogens is 5. The number of piperazine rings is 1. The van der Waals surface area contributed by atoms with Gasteiger partial charge in [-0.2, -0.15) is 0 Å². The van der Waals surface area contributed by atoms with E-state index in [1.807, 2.05) is 29.7 Å². The van der Waals surface area contributed by atoms with E-state index in [-0.39, 0.29) is 5.91 Å². The van der Waals surface area contributed by atoms with Crippen LogP contribution in [0.2, 0.25) is 0 Å². The monoisotopic (exact) mass is 538 g/mol. The van der Waals surface area contributed by atoms with Crippen molar-refractivity contribution in [1.29, 1.82) is 0 Å². The van der Waals surface area contributed by atoms with Crippen molar-refractivity contribution in [3.63, 3.8) is 0 Å². The second kappa shape index (κ2) is 10.4. The summed E-state index contributed by atoms with van der Waals surface area (Å²) in [6.07, 6.45) is 8.52. The number of carbonyl (C=O) groups excluding carboxylic acids is 1. The Morgan fingerprint density at radius 3 is 2.52 bits per heavy atom. The van der Waals surface area contributed by atoms with Gasteiger partial charge in [0.1, 0.15) is 16.8 Å². The normalized spacial score (nSPS) is 17.2. The van der Waals surface area contributed by atoms with Crippen LogP contribution in [-0.4, -0.2) is 62.5 Å². The van der Waals surface area contributed by atoms with Gasteiger partial charge in [0.2, 0.25) is 5.88 Å². The van der Waals surface area contributed by atoms with Crippen LogP contribution in [-0.2, 0) is 0 Å². The van der Waals surface area contributed by atoms with Crippen molar-refractivity contribution in [1.82, 2.24) is 29.7 Å². The predicted octanol–water partition coefficient (Wildman–Crippen LogP) is 4.22.